The quantitative estimate of drug-likeness (QED) is 0.540. The van der Waals surface area contributed by atoms with Crippen LogP contribution in [0.4, 0.5) is 0 Å². The van der Waals surface area contributed by atoms with Gasteiger partial charge in [0.05, 0.1) is 0 Å². The highest BCUT2D eigenvalue weighted by Gasteiger charge is 2.11. The second-order valence-corrected chi connectivity index (χ2v) is 4.71. The van der Waals surface area contributed by atoms with Gasteiger partial charge >= 0.3 is 10.4 Å². The Morgan fingerprint density at radius 3 is 2.27 bits per heavy atom. The van der Waals surface area contributed by atoms with Crippen molar-refractivity contribution >= 4 is 10.4 Å². The van der Waals surface area contributed by atoms with Crippen LogP contribution < -0.4 is 0 Å². The molecule has 0 aromatic heterocycles. The molecule has 0 aliphatic heterocycles. The second kappa shape index (κ2) is 6.05. The predicted molar refractivity (Wildman–Crippen MR) is 60.1 cm³/mol. The van der Waals surface area contributed by atoms with Crippen LogP contribution in [0.25, 0.3) is 0 Å². The summed E-state index contributed by atoms with van der Waals surface area (Å²) in [4.78, 5) is 0. The van der Waals surface area contributed by atoms with Gasteiger partial charge < -0.3 is 0 Å². The molecule has 88 valence electrons. The fourth-order valence-corrected chi connectivity index (χ4v) is 1.41. The largest absolute Gasteiger partial charge is 0.394 e. The summed E-state index contributed by atoms with van der Waals surface area (Å²) in [5.74, 6) is 0.767. The monoisotopic (exact) mass is 234 g/mol. The molecular formula is C10H18O4S. The van der Waals surface area contributed by atoms with Gasteiger partial charge in [-0.3, -0.25) is 9.11 Å². The van der Waals surface area contributed by atoms with Crippen LogP contribution >= 0.6 is 0 Å². The van der Waals surface area contributed by atoms with Gasteiger partial charge in [-0.25, -0.2) is 0 Å². The summed E-state index contributed by atoms with van der Waals surface area (Å²) in [5.41, 5.74) is 2.90. The van der Waals surface area contributed by atoms with E-state index in [1.165, 1.54) is 24.8 Å². The molecule has 5 heteroatoms. The van der Waals surface area contributed by atoms with E-state index in [9.17, 15) is 0 Å². The molecule has 4 nitrogen and oxygen atoms in total. The molecule has 1 atom stereocenters. The van der Waals surface area contributed by atoms with E-state index in [1.807, 2.05) is 0 Å². The van der Waals surface area contributed by atoms with Crippen molar-refractivity contribution in [2.75, 3.05) is 0 Å². The molecule has 0 aromatic carbocycles. The lowest BCUT2D eigenvalue weighted by atomic mass is 9.86. The van der Waals surface area contributed by atoms with Crippen molar-refractivity contribution < 1.29 is 17.5 Å². The second-order valence-electron chi connectivity index (χ2n) is 3.82. The minimum absolute atomic E-state index is 0.767. The third-order valence-corrected chi connectivity index (χ3v) is 2.33. The third kappa shape index (κ3) is 9.65. The van der Waals surface area contributed by atoms with E-state index in [2.05, 4.69) is 26.5 Å². The maximum atomic E-state index is 8.74. The zero-order chi connectivity index (χ0) is 12.1. The van der Waals surface area contributed by atoms with Crippen LogP contribution in [0, 0.1) is 5.92 Å². The molecule has 0 saturated heterocycles. The van der Waals surface area contributed by atoms with Gasteiger partial charge in [-0.1, -0.05) is 23.8 Å². The highest BCUT2D eigenvalue weighted by molar-refractivity contribution is 7.79. The number of allylic oxidation sites excluding steroid dienone is 3. The molecule has 0 fully saturated rings. The lowest BCUT2D eigenvalue weighted by Crippen LogP contribution is -2.04. The van der Waals surface area contributed by atoms with Gasteiger partial charge in [0.1, 0.15) is 0 Å². The first-order valence-electron chi connectivity index (χ1n) is 4.71. The zero-order valence-corrected chi connectivity index (χ0v) is 9.92. The van der Waals surface area contributed by atoms with Crippen molar-refractivity contribution in [3.63, 3.8) is 0 Å². The fraction of sp³-hybridized carbons (Fsp3) is 0.600. The van der Waals surface area contributed by atoms with Crippen molar-refractivity contribution in [2.45, 2.75) is 33.1 Å². The fourth-order valence-electron chi connectivity index (χ4n) is 1.41. The Kier molecular flexibility index (Phi) is 5.79. The van der Waals surface area contributed by atoms with Crippen molar-refractivity contribution in [1.82, 2.24) is 0 Å². The van der Waals surface area contributed by atoms with Gasteiger partial charge in [-0.05, 0) is 39.0 Å². The lowest BCUT2D eigenvalue weighted by Gasteiger charge is -2.19. The molecule has 15 heavy (non-hydrogen) atoms. The zero-order valence-electron chi connectivity index (χ0n) is 9.10. The Morgan fingerprint density at radius 1 is 1.53 bits per heavy atom. The van der Waals surface area contributed by atoms with E-state index in [0.717, 1.165) is 5.92 Å². The average molecular weight is 234 g/mol. The SMILES string of the molecule is C=C(C)[C@H]1CC=C(C)CC1.O=S(=O)(O)O. The van der Waals surface area contributed by atoms with Crippen LogP contribution in [0.2, 0.25) is 0 Å². The molecule has 1 rings (SSSR count). The highest BCUT2D eigenvalue weighted by Crippen LogP contribution is 2.27. The van der Waals surface area contributed by atoms with E-state index < -0.39 is 10.4 Å². The lowest BCUT2D eigenvalue weighted by molar-refractivity contribution is 0.381. The summed E-state index contributed by atoms with van der Waals surface area (Å²) < 4.78 is 31.6. The molecule has 0 amide bonds. The summed E-state index contributed by atoms with van der Waals surface area (Å²) in [5, 5.41) is 0. The van der Waals surface area contributed by atoms with Crippen molar-refractivity contribution in [2.24, 2.45) is 5.92 Å². The van der Waals surface area contributed by atoms with Crippen LogP contribution in [-0.2, 0) is 10.4 Å². The van der Waals surface area contributed by atoms with Crippen LogP contribution in [0.3, 0.4) is 0 Å². The summed E-state index contributed by atoms with van der Waals surface area (Å²) in [6.07, 6.45) is 6.17. The number of hydrogen-bond donors (Lipinski definition) is 2. The Morgan fingerprint density at radius 2 is 2.00 bits per heavy atom. The van der Waals surface area contributed by atoms with Gasteiger partial charge in [0.2, 0.25) is 0 Å². The van der Waals surface area contributed by atoms with Crippen LogP contribution in [0.1, 0.15) is 33.1 Å². The smallest absolute Gasteiger partial charge is 0.264 e. The minimum Gasteiger partial charge on any atom is -0.264 e. The van der Waals surface area contributed by atoms with E-state index in [4.69, 9.17) is 17.5 Å². The molecule has 1 aliphatic carbocycles. The molecular weight excluding hydrogens is 216 g/mol. The average Bonchev–Trinajstić information content (AvgIpc) is 2.01. The Bertz CT molecular complexity index is 332. The third-order valence-electron chi connectivity index (χ3n) is 2.33. The van der Waals surface area contributed by atoms with Crippen molar-refractivity contribution in [1.29, 1.82) is 0 Å². The first kappa shape index (κ1) is 14.3. The minimum atomic E-state index is -4.67. The molecule has 0 aromatic rings. The molecule has 1 aliphatic rings. The summed E-state index contributed by atoms with van der Waals surface area (Å²) in [7, 11) is -4.67. The Labute approximate surface area is 91.3 Å². The van der Waals surface area contributed by atoms with Crippen LogP contribution in [-0.4, -0.2) is 17.5 Å². The molecule has 2 N–H and O–H groups in total. The molecule has 0 bridgehead atoms. The van der Waals surface area contributed by atoms with E-state index in [0.29, 0.717) is 0 Å². The predicted octanol–water partition coefficient (Wildman–Crippen LogP) is 2.66. The topological polar surface area (TPSA) is 74.6 Å². The van der Waals surface area contributed by atoms with Crippen molar-refractivity contribution in [3.8, 4) is 0 Å². The summed E-state index contributed by atoms with van der Waals surface area (Å²) >= 11 is 0. The van der Waals surface area contributed by atoms with Crippen LogP contribution in [0.15, 0.2) is 23.8 Å². The van der Waals surface area contributed by atoms with Crippen LogP contribution in [0.5, 0.6) is 0 Å². The summed E-state index contributed by atoms with van der Waals surface area (Å²) in [6.45, 7) is 8.33. The van der Waals surface area contributed by atoms with Gasteiger partial charge in [-0.2, -0.15) is 8.42 Å². The molecule has 0 heterocycles. The van der Waals surface area contributed by atoms with Gasteiger partial charge in [0, 0.05) is 0 Å². The van der Waals surface area contributed by atoms with E-state index >= 15 is 0 Å². The Hall–Kier alpha value is -0.650. The van der Waals surface area contributed by atoms with E-state index in [-0.39, 0.29) is 0 Å². The first-order chi connectivity index (χ1) is 6.70. The van der Waals surface area contributed by atoms with E-state index in [1.54, 1.807) is 5.57 Å². The van der Waals surface area contributed by atoms with Gasteiger partial charge in [0.25, 0.3) is 0 Å². The molecule has 0 radical (unpaired) electrons. The molecule has 0 spiro atoms. The van der Waals surface area contributed by atoms with Crippen molar-refractivity contribution in [3.05, 3.63) is 23.8 Å². The maximum Gasteiger partial charge on any atom is 0.394 e. The molecule has 0 unspecified atom stereocenters. The van der Waals surface area contributed by atoms with Gasteiger partial charge in [-0.15, -0.1) is 0 Å². The first-order valence-corrected chi connectivity index (χ1v) is 6.10. The number of hydrogen-bond acceptors (Lipinski definition) is 2. The molecule has 0 saturated carbocycles. The number of rotatable bonds is 1. The standard InChI is InChI=1S/C10H16.H2O4S/c1-8(2)10-6-4-9(3)5-7-10;1-5(2,3)4/h4,10H,1,5-7H2,2-3H3;(H2,1,2,3,4)/t10-;/m0./s1. The highest BCUT2D eigenvalue weighted by atomic mass is 32.3. The normalized spacial score (nSPS) is 21.1. The summed E-state index contributed by atoms with van der Waals surface area (Å²) in [6, 6.07) is 0. The Balaban J connectivity index is 0.000000336. The van der Waals surface area contributed by atoms with Gasteiger partial charge in [0.15, 0.2) is 0 Å². The maximum absolute atomic E-state index is 8.74.